The Kier molecular flexibility index (Phi) is 5.99. The Bertz CT molecular complexity index is 486. The first-order valence-corrected chi connectivity index (χ1v) is 6.56. The Balaban J connectivity index is 2.53. The van der Waals surface area contributed by atoms with Gasteiger partial charge < -0.3 is 16.1 Å². The number of nitrogen functional groups attached to an aromatic ring is 1. The molecule has 1 rings (SSSR count). The van der Waals surface area contributed by atoms with Crippen LogP contribution in [0.15, 0.2) is 18.2 Å². The average Bonchev–Trinajstić information content (AvgIpc) is 2.42. The summed E-state index contributed by atoms with van der Waals surface area (Å²) in [6.07, 6.45) is 0. The summed E-state index contributed by atoms with van der Waals surface area (Å²) >= 11 is 0. The molecule has 0 fully saturated rings. The fourth-order valence-electron chi connectivity index (χ4n) is 1.64. The summed E-state index contributed by atoms with van der Waals surface area (Å²) in [5, 5.41) is 5.34. The second-order valence-corrected chi connectivity index (χ2v) is 5.05. The van der Waals surface area contributed by atoms with Crippen LogP contribution in [0.5, 0.6) is 0 Å². The van der Waals surface area contributed by atoms with E-state index >= 15 is 0 Å². The summed E-state index contributed by atoms with van der Waals surface area (Å²) in [4.78, 5) is 23.5. The van der Waals surface area contributed by atoms with Crippen molar-refractivity contribution in [3.8, 4) is 0 Å². The first-order chi connectivity index (χ1) is 9.43. The predicted molar refractivity (Wildman–Crippen MR) is 79.2 cm³/mol. The number of anilines is 1. The third-order valence-corrected chi connectivity index (χ3v) is 2.75. The van der Waals surface area contributed by atoms with Gasteiger partial charge in [0.2, 0.25) is 5.91 Å². The molecular weight excluding hydrogens is 256 g/mol. The Morgan fingerprint density at radius 3 is 2.50 bits per heavy atom. The number of rotatable bonds is 6. The van der Waals surface area contributed by atoms with E-state index in [1.54, 1.807) is 18.2 Å². The van der Waals surface area contributed by atoms with Gasteiger partial charge in [-0.25, -0.2) is 0 Å². The maximum Gasteiger partial charge on any atom is 0.251 e. The molecule has 0 heterocycles. The van der Waals surface area contributed by atoms with E-state index in [2.05, 4.69) is 16.1 Å². The first-order valence-electron chi connectivity index (χ1n) is 6.56. The van der Waals surface area contributed by atoms with E-state index in [1.807, 2.05) is 20.8 Å². The molecule has 20 heavy (non-hydrogen) atoms. The lowest BCUT2D eigenvalue weighted by molar-refractivity contribution is -0.120. The summed E-state index contributed by atoms with van der Waals surface area (Å²) in [6, 6.07) is 5.15. The molecule has 0 saturated carbocycles. The molecule has 5 N–H and O–H groups in total. The van der Waals surface area contributed by atoms with Crippen molar-refractivity contribution in [1.29, 1.82) is 0 Å². The van der Waals surface area contributed by atoms with Crippen LogP contribution in [-0.2, 0) is 4.79 Å². The van der Waals surface area contributed by atoms with Gasteiger partial charge in [0.05, 0.1) is 6.54 Å². The van der Waals surface area contributed by atoms with Gasteiger partial charge in [0, 0.05) is 17.8 Å². The molecule has 6 nitrogen and oxygen atoms in total. The van der Waals surface area contributed by atoms with Gasteiger partial charge in [0.25, 0.3) is 5.91 Å². The van der Waals surface area contributed by atoms with Crippen LogP contribution in [0, 0.1) is 12.8 Å². The number of nitrogens with two attached hydrogens (primary N) is 1. The summed E-state index contributed by atoms with van der Waals surface area (Å²) < 4.78 is 0. The van der Waals surface area contributed by atoms with Crippen LogP contribution >= 0.6 is 0 Å². The van der Waals surface area contributed by atoms with Crippen molar-refractivity contribution >= 4 is 17.5 Å². The van der Waals surface area contributed by atoms with Crippen LogP contribution in [0.1, 0.15) is 29.8 Å². The minimum atomic E-state index is -0.272. The highest BCUT2D eigenvalue weighted by Crippen LogP contribution is 2.13. The molecule has 0 aliphatic carbocycles. The smallest absolute Gasteiger partial charge is 0.251 e. The zero-order valence-electron chi connectivity index (χ0n) is 12.1. The van der Waals surface area contributed by atoms with Gasteiger partial charge in [-0.05, 0) is 36.6 Å². The highest BCUT2D eigenvalue weighted by Gasteiger charge is 2.11. The minimum absolute atomic E-state index is 0.0259. The molecule has 1 aromatic rings. The quantitative estimate of drug-likeness (QED) is 0.457. The summed E-state index contributed by atoms with van der Waals surface area (Å²) in [6.45, 7) is 6.41. The van der Waals surface area contributed by atoms with Gasteiger partial charge in [0.1, 0.15) is 0 Å². The molecule has 2 amide bonds. The maximum absolute atomic E-state index is 12.0. The fourth-order valence-corrected chi connectivity index (χ4v) is 1.64. The zero-order chi connectivity index (χ0) is 15.1. The van der Waals surface area contributed by atoms with Gasteiger partial charge in [0.15, 0.2) is 0 Å². The number of carbonyl (C=O) groups is 2. The molecule has 0 radical (unpaired) electrons. The monoisotopic (exact) mass is 278 g/mol. The molecule has 1 aromatic carbocycles. The number of hydrogen-bond donors (Lipinski definition) is 4. The summed E-state index contributed by atoms with van der Waals surface area (Å²) in [5.74, 6) is 5.22. The van der Waals surface area contributed by atoms with Crippen molar-refractivity contribution in [3.05, 3.63) is 29.3 Å². The molecule has 0 unspecified atom stereocenters. The lowest BCUT2D eigenvalue weighted by Crippen LogP contribution is -2.38. The molecule has 110 valence electrons. The van der Waals surface area contributed by atoms with E-state index in [-0.39, 0.29) is 18.4 Å². The largest absolute Gasteiger partial charge is 0.354 e. The lowest BCUT2D eigenvalue weighted by atomic mass is 10.1. The number of carbonyl (C=O) groups excluding carboxylic acids is 2. The second-order valence-electron chi connectivity index (χ2n) is 5.05. The molecule has 0 saturated heterocycles. The Morgan fingerprint density at radius 1 is 1.25 bits per heavy atom. The van der Waals surface area contributed by atoms with E-state index in [9.17, 15) is 9.59 Å². The summed E-state index contributed by atoms with van der Waals surface area (Å²) in [7, 11) is 0. The highest BCUT2D eigenvalue weighted by molar-refractivity contribution is 5.98. The van der Waals surface area contributed by atoms with Crippen LogP contribution in [0.2, 0.25) is 0 Å². The lowest BCUT2D eigenvalue weighted by Gasteiger charge is -2.10. The third kappa shape index (κ3) is 4.89. The van der Waals surface area contributed by atoms with Crippen LogP contribution in [0.25, 0.3) is 0 Å². The van der Waals surface area contributed by atoms with Crippen LogP contribution < -0.4 is 21.9 Å². The van der Waals surface area contributed by atoms with Gasteiger partial charge >= 0.3 is 0 Å². The van der Waals surface area contributed by atoms with Crippen molar-refractivity contribution in [3.63, 3.8) is 0 Å². The van der Waals surface area contributed by atoms with Crippen molar-refractivity contribution in [2.75, 3.05) is 18.5 Å². The molecule has 0 aliphatic heterocycles. The van der Waals surface area contributed by atoms with E-state index in [1.165, 1.54) is 0 Å². The third-order valence-electron chi connectivity index (χ3n) is 2.75. The highest BCUT2D eigenvalue weighted by atomic mass is 16.2. The second kappa shape index (κ2) is 7.49. The van der Waals surface area contributed by atoms with Gasteiger partial charge in [-0.3, -0.25) is 15.4 Å². The molecule has 0 aromatic heterocycles. The zero-order valence-corrected chi connectivity index (χ0v) is 12.1. The first kappa shape index (κ1) is 16.0. The predicted octanol–water partition coefficient (Wildman–Crippen LogP) is 0.783. The van der Waals surface area contributed by atoms with Crippen LogP contribution in [0.3, 0.4) is 0 Å². The summed E-state index contributed by atoms with van der Waals surface area (Å²) in [5.41, 5.74) is 4.57. The number of amides is 2. The fraction of sp³-hybridized carbons (Fsp3) is 0.429. The molecule has 0 aliphatic rings. The SMILES string of the molecule is Cc1cc(NN)ccc1C(=O)NCC(=O)NCC(C)C. The number of nitrogens with one attached hydrogen (secondary N) is 3. The number of aryl methyl sites for hydroxylation is 1. The normalized spacial score (nSPS) is 10.2. The molecule has 0 atom stereocenters. The standard InChI is InChI=1S/C14H22N4O2/c1-9(2)7-16-13(19)8-17-14(20)12-5-4-11(18-15)6-10(12)3/h4-6,9,18H,7-8,15H2,1-3H3,(H,16,19)(H,17,20). The Hall–Kier alpha value is -2.08. The van der Waals surface area contributed by atoms with Gasteiger partial charge in [-0.1, -0.05) is 13.8 Å². The van der Waals surface area contributed by atoms with E-state index in [4.69, 9.17) is 5.84 Å². The maximum atomic E-state index is 12.0. The van der Waals surface area contributed by atoms with Crippen molar-refractivity contribution in [2.24, 2.45) is 11.8 Å². The minimum Gasteiger partial charge on any atom is -0.354 e. The molecule has 0 spiro atoms. The number of benzene rings is 1. The average molecular weight is 278 g/mol. The molecule has 6 heteroatoms. The number of hydrogen-bond acceptors (Lipinski definition) is 4. The van der Waals surface area contributed by atoms with Crippen molar-refractivity contribution < 1.29 is 9.59 Å². The molecular formula is C14H22N4O2. The topological polar surface area (TPSA) is 96.2 Å². The van der Waals surface area contributed by atoms with Crippen LogP contribution in [0.4, 0.5) is 5.69 Å². The molecule has 0 bridgehead atoms. The van der Waals surface area contributed by atoms with Gasteiger partial charge in [-0.2, -0.15) is 0 Å². The van der Waals surface area contributed by atoms with E-state index < -0.39 is 0 Å². The van der Waals surface area contributed by atoms with Crippen molar-refractivity contribution in [2.45, 2.75) is 20.8 Å². The van der Waals surface area contributed by atoms with Crippen LogP contribution in [-0.4, -0.2) is 24.9 Å². The number of hydrazine groups is 1. The van der Waals surface area contributed by atoms with E-state index in [0.717, 1.165) is 11.3 Å². The van der Waals surface area contributed by atoms with Crippen molar-refractivity contribution in [1.82, 2.24) is 10.6 Å². The Labute approximate surface area is 119 Å². The Morgan fingerprint density at radius 2 is 1.95 bits per heavy atom. The van der Waals surface area contributed by atoms with Gasteiger partial charge in [-0.15, -0.1) is 0 Å². The van der Waals surface area contributed by atoms with E-state index in [0.29, 0.717) is 18.0 Å².